The predicted molar refractivity (Wildman–Crippen MR) is 79.0 cm³/mol. The van der Waals surface area contributed by atoms with E-state index in [1.807, 2.05) is 18.2 Å². The molecule has 0 amide bonds. The summed E-state index contributed by atoms with van der Waals surface area (Å²) in [4.78, 5) is 2.23. The van der Waals surface area contributed by atoms with Crippen molar-refractivity contribution in [2.24, 2.45) is 0 Å². The topological polar surface area (TPSA) is 32.7 Å². The summed E-state index contributed by atoms with van der Waals surface area (Å²) >= 11 is 0. The zero-order valence-corrected chi connectivity index (χ0v) is 12.0. The second-order valence-corrected chi connectivity index (χ2v) is 5.10. The highest BCUT2D eigenvalue weighted by molar-refractivity contribution is 5.14. The molecule has 0 radical (unpaired) electrons. The number of aliphatic hydroxyl groups is 1. The average molecular weight is 263 g/mol. The Labute approximate surface area is 116 Å². The van der Waals surface area contributed by atoms with Crippen molar-refractivity contribution in [2.45, 2.75) is 25.5 Å². The van der Waals surface area contributed by atoms with E-state index in [1.54, 1.807) is 20.1 Å². The summed E-state index contributed by atoms with van der Waals surface area (Å²) in [6, 6.07) is 10.3. The molecular weight excluding hydrogens is 238 g/mol. The highest BCUT2D eigenvalue weighted by Crippen LogP contribution is 2.12. The minimum Gasteiger partial charge on any atom is -0.385 e. The van der Waals surface area contributed by atoms with E-state index in [1.165, 1.54) is 5.56 Å². The molecule has 0 spiro atoms. The van der Waals surface area contributed by atoms with Crippen LogP contribution in [0.1, 0.15) is 18.9 Å². The summed E-state index contributed by atoms with van der Waals surface area (Å²) in [5.74, 6) is 0. The van der Waals surface area contributed by atoms with E-state index in [-0.39, 0.29) is 0 Å². The zero-order chi connectivity index (χ0) is 14.1. The highest BCUT2D eigenvalue weighted by atomic mass is 16.5. The van der Waals surface area contributed by atoms with Crippen LogP contribution in [0.25, 0.3) is 0 Å². The third-order valence-electron chi connectivity index (χ3n) is 3.06. The summed E-state index contributed by atoms with van der Waals surface area (Å²) in [5.41, 5.74) is 0.391. The summed E-state index contributed by atoms with van der Waals surface area (Å²) in [6.07, 6.45) is 2.55. The molecule has 19 heavy (non-hydrogen) atoms. The van der Waals surface area contributed by atoms with Gasteiger partial charge in [-0.15, -0.1) is 6.58 Å². The van der Waals surface area contributed by atoms with Crippen LogP contribution in [-0.2, 0) is 11.3 Å². The van der Waals surface area contributed by atoms with Gasteiger partial charge in [-0.05, 0) is 18.9 Å². The van der Waals surface area contributed by atoms with Gasteiger partial charge in [-0.1, -0.05) is 36.4 Å². The molecule has 0 aromatic heterocycles. The quantitative estimate of drug-likeness (QED) is 0.549. The lowest BCUT2D eigenvalue weighted by molar-refractivity contribution is 0.0546. The molecule has 0 saturated carbocycles. The van der Waals surface area contributed by atoms with Gasteiger partial charge in [-0.3, -0.25) is 4.90 Å². The third kappa shape index (κ3) is 6.53. The summed E-state index contributed by atoms with van der Waals surface area (Å²) < 4.78 is 5.09. The predicted octanol–water partition coefficient (Wildman–Crippen LogP) is 2.46. The van der Waals surface area contributed by atoms with Crippen LogP contribution in [0, 0.1) is 0 Å². The largest absolute Gasteiger partial charge is 0.385 e. The summed E-state index contributed by atoms with van der Waals surface area (Å²) in [5, 5.41) is 10.1. The Morgan fingerprint density at radius 3 is 2.63 bits per heavy atom. The van der Waals surface area contributed by atoms with Crippen molar-refractivity contribution in [3.63, 3.8) is 0 Å². The monoisotopic (exact) mass is 263 g/mol. The zero-order valence-electron chi connectivity index (χ0n) is 12.0. The van der Waals surface area contributed by atoms with Gasteiger partial charge < -0.3 is 9.84 Å². The Morgan fingerprint density at radius 1 is 1.37 bits per heavy atom. The van der Waals surface area contributed by atoms with E-state index in [2.05, 4.69) is 23.6 Å². The molecule has 1 aromatic carbocycles. The van der Waals surface area contributed by atoms with Crippen molar-refractivity contribution >= 4 is 0 Å². The van der Waals surface area contributed by atoms with Gasteiger partial charge >= 0.3 is 0 Å². The number of ether oxygens (including phenoxy) is 1. The van der Waals surface area contributed by atoms with Crippen molar-refractivity contribution < 1.29 is 9.84 Å². The van der Waals surface area contributed by atoms with Crippen molar-refractivity contribution in [2.75, 3.05) is 26.8 Å². The standard InChI is InChI=1S/C16H25NO2/c1-4-16(2,18)14-17(11-8-12-19-3)13-15-9-6-5-7-10-15/h4-7,9-10,18H,1,8,11-14H2,2-3H3. The lowest BCUT2D eigenvalue weighted by atomic mass is 10.1. The molecule has 1 aromatic rings. The number of hydrogen-bond acceptors (Lipinski definition) is 3. The summed E-state index contributed by atoms with van der Waals surface area (Å²) in [7, 11) is 1.71. The Balaban J connectivity index is 2.60. The first-order valence-electron chi connectivity index (χ1n) is 6.68. The number of methoxy groups -OCH3 is 1. The van der Waals surface area contributed by atoms with E-state index in [0.29, 0.717) is 6.54 Å². The number of benzene rings is 1. The van der Waals surface area contributed by atoms with Crippen molar-refractivity contribution in [1.82, 2.24) is 4.90 Å². The van der Waals surface area contributed by atoms with Crippen molar-refractivity contribution in [3.05, 3.63) is 48.6 Å². The van der Waals surface area contributed by atoms with Crippen LogP contribution in [-0.4, -0.2) is 42.4 Å². The molecule has 106 valence electrons. The Kier molecular flexibility index (Phi) is 6.78. The minimum absolute atomic E-state index is 0.578. The highest BCUT2D eigenvalue weighted by Gasteiger charge is 2.20. The molecular formula is C16H25NO2. The van der Waals surface area contributed by atoms with Crippen LogP contribution >= 0.6 is 0 Å². The smallest absolute Gasteiger partial charge is 0.0923 e. The van der Waals surface area contributed by atoms with Gasteiger partial charge in [0.2, 0.25) is 0 Å². The molecule has 1 unspecified atom stereocenters. The fourth-order valence-electron chi connectivity index (χ4n) is 2.01. The number of hydrogen-bond donors (Lipinski definition) is 1. The maximum atomic E-state index is 10.1. The molecule has 0 fully saturated rings. The molecule has 0 aliphatic carbocycles. The van der Waals surface area contributed by atoms with Gasteiger partial charge in [0.15, 0.2) is 0 Å². The van der Waals surface area contributed by atoms with Gasteiger partial charge in [0.1, 0.15) is 0 Å². The third-order valence-corrected chi connectivity index (χ3v) is 3.06. The lowest BCUT2D eigenvalue weighted by Gasteiger charge is -2.29. The Bertz CT molecular complexity index is 362. The first-order chi connectivity index (χ1) is 9.07. The van der Waals surface area contributed by atoms with Crippen molar-refractivity contribution in [3.8, 4) is 0 Å². The van der Waals surface area contributed by atoms with E-state index >= 15 is 0 Å². The fourth-order valence-corrected chi connectivity index (χ4v) is 2.01. The van der Waals surface area contributed by atoms with Crippen LogP contribution in [0.3, 0.4) is 0 Å². The van der Waals surface area contributed by atoms with E-state index < -0.39 is 5.60 Å². The van der Waals surface area contributed by atoms with Crippen LogP contribution < -0.4 is 0 Å². The lowest BCUT2D eigenvalue weighted by Crippen LogP contribution is -2.39. The molecule has 0 aliphatic heterocycles. The number of nitrogens with zero attached hydrogens (tertiary/aromatic N) is 1. The van der Waals surface area contributed by atoms with Gasteiger partial charge in [-0.25, -0.2) is 0 Å². The maximum absolute atomic E-state index is 10.1. The molecule has 0 heterocycles. The summed E-state index contributed by atoms with van der Waals surface area (Å²) in [6.45, 7) is 8.51. The van der Waals surface area contributed by atoms with E-state index in [9.17, 15) is 5.11 Å². The SMILES string of the molecule is C=CC(C)(O)CN(CCCOC)Cc1ccccc1. The minimum atomic E-state index is -0.859. The fraction of sp³-hybridized carbons (Fsp3) is 0.500. The van der Waals surface area contributed by atoms with Crippen LogP contribution in [0.15, 0.2) is 43.0 Å². The Morgan fingerprint density at radius 2 is 2.05 bits per heavy atom. The van der Waals surface area contributed by atoms with Crippen molar-refractivity contribution in [1.29, 1.82) is 0 Å². The van der Waals surface area contributed by atoms with Gasteiger partial charge in [0.25, 0.3) is 0 Å². The Hall–Kier alpha value is -1.16. The molecule has 1 N–H and O–H groups in total. The molecule has 0 bridgehead atoms. The molecule has 0 saturated heterocycles. The maximum Gasteiger partial charge on any atom is 0.0923 e. The second-order valence-electron chi connectivity index (χ2n) is 5.10. The van der Waals surface area contributed by atoms with Crippen LogP contribution in [0.5, 0.6) is 0 Å². The molecule has 1 rings (SSSR count). The molecule has 3 heteroatoms. The first-order valence-corrected chi connectivity index (χ1v) is 6.68. The van der Waals surface area contributed by atoms with Crippen LogP contribution in [0.4, 0.5) is 0 Å². The first kappa shape index (κ1) is 15.9. The van der Waals surface area contributed by atoms with E-state index in [4.69, 9.17) is 4.74 Å². The van der Waals surface area contributed by atoms with Gasteiger partial charge in [0, 0.05) is 33.4 Å². The van der Waals surface area contributed by atoms with E-state index in [0.717, 1.165) is 26.1 Å². The average Bonchev–Trinajstić information content (AvgIpc) is 2.40. The molecule has 0 aliphatic rings. The molecule has 3 nitrogen and oxygen atoms in total. The normalized spacial score (nSPS) is 14.3. The molecule has 1 atom stereocenters. The van der Waals surface area contributed by atoms with Crippen LogP contribution in [0.2, 0.25) is 0 Å². The van der Waals surface area contributed by atoms with Gasteiger partial charge in [0.05, 0.1) is 5.60 Å². The number of rotatable bonds is 9. The second kappa shape index (κ2) is 8.10. The van der Waals surface area contributed by atoms with Gasteiger partial charge in [-0.2, -0.15) is 0 Å².